The number of amides is 1. The molecule has 3 heterocycles. The third kappa shape index (κ3) is 3.76. The van der Waals surface area contributed by atoms with Crippen LogP contribution in [-0.2, 0) is 0 Å². The van der Waals surface area contributed by atoms with Gasteiger partial charge >= 0.3 is 0 Å². The van der Waals surface area contributed by atoms with E-state index in [9.17, 15) is 4.79 Å². The lowest BCUT2D eigenvalue weighted by Crippen LogP contribution is -2.39. The first-order valence-electron chi connectivity index (χ1n) is 9.57. The van der Waals surface area contributed by atoms with E-state index >= 15 is 0 Å². The van der Waals surface area contributed by atoms with E-state index in [1.54, 1.807) is 18.7 Å². The predicted octanol–water partition coefficient (Wildman–Crippen LogP) is 3.57. The summed E-state index contributed by atoms with van der Waals surface area (Å²) in [5, 5.41) is 0. The molecule has 2 aromatic heterocycles. The smallest absolute Gasteiger partial charge is 0.253 e. The first kappa shape index (κ1) is 18.2. The van der Waals surface area contributed by atoms with Crippen molar-refractivity contribution in [2.75, 3.05) is 13.1 Å². The molecule has 1 atom stereocenters. The quantitative estimate of drug-likeness (QED) is 0.702. The van der Waals surface area contributed by atoms with Gasteiger partial charge in [-0.15, -0.1) is 0 Å². The van der Waals surface area contributed by atoms with E-state index in [0.717, 1.165) is 47.7 Å². The molecule has 1 aliphatic rings. The van der Waals surface area contributed by atoms with Gasteiger partial charge in [0.15, 0.2) is 0 Å². The second-order valence-corrected chi connectivity index (χ2v) is 7.25. The molecule has 1 aromatic carbocycles. The lowest BCUT2D eigenvalue weighted by atomic mass is 9.94. The Balaban J connectivity index is 1.57. The van der Waals surface area contributed by atoms with E-state index in [4.69, 9.17) is 0 Å². The third-order valence-corrected chi connectivity index (χ3v) is 5.19. The standard InChI is InChI=1S/C22H23N5O/c1-15-12-24-16(2)21(26-15)17-5-3-6-18(11-17)22(28)27-10-4-7-19(13-27)20-8-9-23-14-25-20/h3,5-6,8-9,11-12,14,19H,4,7,10,13H2,1-2H3/t19-/m1/s1. The van der Waals surface area contributed by atoms with Crippen molar-refractivity contribution in [1.29, 1.82) is 0 Å². The predicted molar refractivity (Wildman–Crippen MR) is 107 cm³/mol. The number of benzene rings is 1. The average molecular weight is 373 g/mol. The topological polar surface area (TPSA) is 71.9 Å². The van der Waals surface area contributed by atoms with Gasteiger partial charge in [-0.25, -0.2) is 15.0 Å². The lowest BCUT2D eigenvalue weighted by molar-refractivity contribution is 0.0706. The van der Waals surface area contributed by atoms with Crippen molar-refractivity contribution in [1.82, 2.24) is 24.8 Å². The zero-order valence-corrected chi connectivity index (χ0v) is 16.2. The summed E-state index contributed by atoms with van der Waals surface area (Å²) in [7, 11) is 0. The summed E-state index contributed by atoms with van der Waals surface area (Å²) in [6, 6.07) is 9.63. The van der Waals surface area contributed by atoms with Crippen LogP contribution in [0.1, 0.15) is 46.2 Å². The van der Waals surface area contributed by atoms with Crippen molar-refractivity contribution in [3.63, 3.8) is 0 Å². The largest absolute Gasteiger partial charge is 0.338 e. The highest BCUT2D eigenvalue weighted by Crippen LogP contribution is 2.27. The van der Waals surface area contributed by atoms with Gasteiger partial charge in [0.25, 0.3) is 5.91 Å². The molecule has 142 valence electrons. The van der Waals surface area contributed by atoms with E-state index in [1.165, 1.54) is 0 Å². The van der Waals surface area contributed by atoms with Crippen molar-refractivity contribution in [2.24, 2.45) is 0 Å². The van der Waals surface area contributed by atoms with Gasteiger partial charge in [-0.1, -0.05) is 12.1 Å². The normalized spacial score (nSPS) is 16.8. The summed E-state index contributed by atoms with van der Waals surface area (Å²) in [4.78, 5) is 32.5. The number of aromatic nitrogens is 4. The fraction of sp³-hybridized carbons (Fsp3) is 0.318. The van der Waals surface area contributed by atoms with Crippen LogP contribution in [0, 0.1) is 13.8 Å². The second kappa shape index (κ2) is 7.84. The van der Waals surface area contributed by atoms with Crippen molar-refractivity contribution in [3.05, 3.63) is 71.7 Å². The molecule has 0 N–H and O–H groups in total. The molecule has 28 heavy (non-hydrogen) atoms. The SMILES string of the molecule is Cc1cnc(C)c(-c2cccc(C(=O)N3CCC[C@@H](c4ccncn4)C3)c2)n1. The molecule has 6 heteroatoms. The van der Waals surface area contributed by atoms with Gasteiger partial charge in [-0.05, 0) is 44.9 Å². The number of rotatable bonds is 3. The molecular weight excluding hydrogens is 350 g/mol. The highest BCUT2D eigenvalue weighted by atomic mass is 16.2. The molecule has 0 bridgehead atoms. The summed E-state index contributed by atoms with van der Waals surface area (Å²) in [5.41, 5.74) is 5.16. The Labute approximate surface area is 164 Å². The molecule has 0 saturated carbocycles. The van der Waals surface area contributed by atoms with Crippen LogP contribution in [0.3, 0.4) is 0 Å². The molecule has 0 radical (unpaired) electrons. The molecule has 0 unspecified atom stereocenters. The Bertz CT molecular complexity index is 989. The number of piperidine rings is 1. The third-order valence-electron chi connectivity index (χ3n) is 5.19. The molecule has 3 aromatic rings. The van der Waals surface area contributed by atoms with Crippen LogP contribution < -0.4 is 0 Å². The number of carbonyl (C=O) groups excluding carboxylic acids is 1. The first-order valence-corrected chi connectivity index (χ1v) is 9.57. The lowest BCUT2D eigenvalue weighted by Gasteiger charge is -2.32. The van der Waals surface area contributed by atoms with Gasteiger partial charge in [0, 0.05) is 48.2 Å². The zero-order valence-electron chi connectivity index (χ0n) is 16.2. The molecule has 1 fully saturated rings. The molecule has 4 rings (SSSR count). The Morgan fingerprint density at radius 3 is 2.89 bits per heavy atom. The van der Waals surface area contributed by atoms with Gasteiger partial charge in [0.2, 0.25) is 0 Å². The van der Waals surface area contributed by atoms with Crippen LogP contribution in [0.4, 0.5) is 0 Å². The summed E-state index contributed by atoms with van der Waals surface area (Å²) in [6.07, 6.45) is 7.11. The Kier molecular flexibility index (Phi) is 5.10. The molecular formula is C22H23N5O. The molecule has 0 aliphatic carbocycles. The van der Waals surface area contributed by atoms with Crippen LogP contribution >= 0.6 is 0 Å². The van der Waals surface area contributed by atoms with Crippen molar-refractivity contribution < 1.29 is 4.79 Å². The molecule has 6 nitrogen and oxygen atoms in total. The van der Waals surface area contributed by atoms with Gasteiger partial charge in [0.1, 0.15) is 6.33 Å². The number of likely N-dealkylation sites (tertiary alicyclic amines) is 1. The summed E-state index contributed by atoms with van der Waals surface area (Å²) in [6.45, 7) is 5.32. The Hall–Kier alpha value is -3.15. The monoisotopic (exact) mass is 373 g/mol. The first-order chi connectivity index (χ1) is 13.6. The van der Waals surface area contributed by atoms with Gasteiger partial charge in [-0.2, -0.15) is 0 Å². The number of carbonyl (C=O) groups is 1. The maximum Gasteiger partial charge on any atom is 0.253 e. The summed E-state index contributed by atoms with van der Waals surface area (Å²) >= 11 is 0. The number of nitrogens with zero attached hydrogens (tertiary/aromatic N) is 5. The van der Waals surface area contributed by atoms with Crippen molar-refractivity contribution >= 4 is 5.91 Å². The minimum Gasteiger partial charge on any atom is -0.338 e. The van der Waals surface area contributed by atoms with Crippen molar-refractivity contribution in [2.45, 2.75) is 32.6 Å². The van der Waals surface area contributed by atoms with Gasteiger partial charge < -0.3 is 4.90 Å². The minimum absolute atomic E-state index is 0.0545. The van der Waals surface area contributed by atoms with E-state index in [1.807, 2.05) is 49.1 Å². The zero-order chi connectivity index (χ0) is 19.5. The average Bonchev–Trinajstić information content (AvgIpc) is 2.76. The van der Waals surface area contributed by atoms with Crippen LogP contribution in [0.2, 0.25) is 0 Å². The molecule has 1 aliphatic heterocycles. The maximum atomic E-state index is 13.2. The fourth-order valence-corrected chi connectivity index (χ4v) is 3.74. The van der Waals surface area contributed by atoms with Gasteiger partial charge in [-0.3, -0.25) is 9.78 Å². The number of hydrogen-bond acceptors (Lipinski definition) is 5. The second-order valence-electron chi connectivity index (χ2n) is 7.25. The highest BCUT2D eigenvalue weighted by molar-refractivity contribution is 5.95. The van der Waals surface area contributed by atoms with Crippen LogP contribution in [0.15, 0.2) is 49.1 Å². The molecule has 0 spiro atoms. The Morgan fingerprint density at radius 1 is 1.18 bits per heavy atom. The molecule has 1 amide bonds. The van der Waals surface area contributed by atoms with Gasteiger partial charge in [0.05, 0.1) is 17.1 Å². The Morgan fingerprint density at radius 2 is 2.07 bits per heavy atom. The van der Waals surface area contributed by atoms with Crippen molar-refractivity contribution in [3.8, 4) is 11.3 Å². The molecule has 1 saturated heterocycles. The van der Waals surface area contributed by atoms with E-state index in [-0.39, 0.29) is 11.8 Å². The van der Waals surface area contributed by atoms with E-state index in [2.05, 4.69) is 19.9 Å². The number of aryl methyl sites for hydroxylation is 2. The minimum atomic E-state index is 0.0545. The van der Waals surface area contributed by atoms with E-state index < -0.39 is 0 Å². The van der Waals surface area contributed by atoms with E-state index in [0.29, 0.717) is 12.1 Å². The highest BCUT2D eigenvalue weighted by Gasteiger charge is 2.26. The van der Waals surface area contributed by atoms with Crippen LogP contribution in [0.5, 0.6) is 0 Å². The summed E-state index contributed by atoms with van der Waals surface area (Å²) in [5.74, 6) is 0.313. The number of hydrogen-bond donors (Lipinski definition) is 0. The van der Waals surface area contributed by atoms with Crippen LogP contribution in [-0.4, -0.2) is 43.8 Å². The van der Waals surface area contributed by atoms with Crippen LogP contribution in [0.25, 0.3) is 11.3 Å². The maximum absolute atomic E-state index is 13.2. The summed E-state index contributed by atoms with van der Waals surface area (Å²) < 4.78 is 0. The fourth-order valence-electron chi connectivity index (χ4n) is 3.74.